The second kappa shape index (κ2) is 6.87. The number of hydrogen-bond donors (Lipinski definition) is 2. The summed E-state index contributed by atoms with van der Waals surface area (Å²) in [5, 5.41) is 3.46. The van der Waals surface area contributed by atoms with Crippen LogP contribution < -0.4 is 11.1 Å². The van der Waals surface area contributed by atoms with E-state index in [9.17, 15) is 0 Å². The molecular weight excluding hydrogens is 184 g/mol. The molecule has 3 atom stereocenters. The van der Waals surface area contributed by atoms with Gasteiger partial charge in [0.1, 0.15) is 0 Å². The summed E-state index contributed by atoms with van der Waals surface area (Å²) in [5.74, 6) is 7.59. The molecule has 1 aliphatic carbocycles. The van der Waals surface area contributed by atoms with E-state index in [-0.39, 0.29) is 0 Å². The van der Waals surface area contributed by atoms with E-state index in [2.05, 4.69) is 24.1 Å². The minimum Gasteiger partial charge on any atom is -0.329 e. The molecule has 0 aliphatic heterocycles. The lowest BCUT2D eigenvalue weighted by Gasteiger charge is -2.32. The maximum absolute atomic E-state index is 5.82. The van der Waals surface area contributed by atoms with Crippen molar-refractivity contribution in [3.63, 3.8) is 0 Å². The van der Waals surface area contributed by atoms with Crippen LogP contribution in [0.15, 0.2) is 0 Å². The molecule has 2 heteroatoms. The average molecular weight is 208 g/mol. The number of nitrogens with two attached hydrogens (primary N) is 1. The zero-order valence-electron chi connectivity index (χ0n) is 10.1. The van der Waals surface area contributed by atoms with Gasteiger partial charge in [-0.15, -0.1) is 5.92 Å². The van der Waals surface area contributed by atoms with Crippen LogP contribution in [0.25, 0.3) is 0 Å². The van der Waals surface area contributed by atoms with Gasteiger partial charge in [-0.25, -0.2) is 0 Å². The van der Waals surface area contributed by atoms with Gasteiger partial charge in [0, 0.05) is 12.6 Å². The van der Waals surface area contributed by atoms with Crippen molar-refractivity contribution in [2.75, 3.05) is 13.1 Å². The molecule has 15 heavy (non-hydrogen) atoms. The smallest absolute Gasteiger partial charge is 0.0579 e. The van der Waals surface area contributed by atoms with Crippen molar-refractivity contribution in [1.82, 2.24) is 5.32 Å². The summed E-state index contributed by atoms with van der Waals surface area (Å²) in [7, 11) is 0. The molecule has 0 amide bonds. The average Bonchev–Trinajstić information content (AvgIpc) is 2.24. The molecule has 0 aromatic heterocycles. The van der Waals surface area contributed by atoms with Crippen LogP contribution >= 0.6 is 0 Å². The van der Waals surface area contributed by atoms with Gasteiger partial charge in [0.2, 0.25) is 0 Å². The van der Waals surface area contributed by atoms with Crippen LogP contribution in [0.1, 0.15) is 39.5 Å². The normalized spacial score (nSPS) is 27.9. The Hall–Kier alpha value is -0.520. The molecule has 1 rings (SSSR count). The summed E-state index contributed by atoms with van der Waals surface area (Å²) in [6.07, 6.45) is 5.42. The second-order valence-electron chi connectivity index (χ2n) is 4.68. The van der Waals surface area contributed by atoms with Crippen molar-refractivity contribution in [1.29, 1.82) is 0 Å². The van der Waals surface area contributed by atoms with E-state index in [1.165, 1.54) is 25.7 Å². The molecule has 0 bridgehead atoms. The van der Waals surface area contributed by atoms with Gasteiger partial charge in [-0.2, -0.15) is 0 Å². The van der Waals surface area contributed by atoms with Crippen LogP contribution in [0, 0.1) is 23.7 Å². The molecule has 0 heterocycles. The van der Waals surface area contributed by atoms with Gasteiger partial charge in [0.15, 0.2) is 0 Å². The summed E-state index contributed by atoms with van der Waals surface area (Å²) < 4.78 is 0. The first-order valence-electron chi connectivity index (χ1n) is 6.11. The van der Waals surface area contributed by atoms with Gasteiger partial charge in [-0.1, -0.05) is 25.7 Å². The Bertz CT molecular complexity index is 226. The minimum absolute atomic E-state index is 0.466. The molecule has 1 aliphatic rings. The second-order valence-corrected chi connectivity index (χ2v) is 4.68. The lowest BCUT2D eigenvalue weighted by molar-refractivity contribution is 0.229. The Balaban J connectivity index is 2.37. The fraction of sp³-hybridized carbons (Fsp3) is 0.846. The van der Waals surface area contributed by atoms with E-state index in [0.29, 0.717) is 6.04 Å². The maximum Gasteiger partial charge on any atom is 0.0579 e. The SMILES string of the molecule is CC#CCNC(CN)C1CCCC(C)C1. The third-order valence-electron chi connectivity index (χ3n) is 3.43. The molecule has 0 aromatic carbocycles. The minimum atomic E-state index is 0.466. The fourth-order valence-corrected chi connectivity index (χ4v) is 2.56. The van der Waals surface area contributed by atoms with Gasteiger partial charge >= 0.3 is 0 Å². The molecule has 0 spiro atoms. The summed E-state index contributed by atoms with van der Waals surface area (Å²) in [6, 6.07) is 0.466. The highest BCUT2D eigenvalue weighted by molar-refractivity contribution is 4.98. The molecule has 0 aromatic rings. The topological polar surface area (TPSA) is 38.0 Å². The number of hydrogen-bond acceptors (Lipinski definition) is 2. The first kappa shape index (κ1) is 12.5. The Morgan fingerprint density at radius 1 is 1.47 bits per heavy atom. The quantitative estimate of drug-likeness (QED) is 0.691. The molecule has 86 valence electrons. The van der Waals surface area contributed by atoms with Gasteiger partial charge in [0.05, 0.1) is 6.54 Å². The van der Waals surface area contributed by atoms with Crippen molar-refractivity contribution >= 4 is 0 Å². The van der Waals surface area contributed by atoms with Crippen molar-refractivity contribution in [2.24, 2.45) is 17.6 Å². The molecular formula is C13H24N2. The van der Waals surface area contributed by atoms with E-state index in [0.717, 1.165) is 24.9 Å². The van der Waals surface area contributed by atoms with E-state index >= 15 is 0 Å². The maximum atomic E-state index is 5.82. The summed E-state index contributed by atoms with van der Waals surface area (Å²) in [4.78, 5) is 0. The Kier molecular flexibility index (Phi) is 5.75. The van der Waals surface area contributed by atoms with Crippen molar-refractivity contribution in [3.8, 4) is 11.8 Å². The standard InChI is InChI=1S/C13H24N2/c1-3-4-8-15-13(10-14)12-7-5-6-11(2)9-12/h11-13,15H,5-10,14H2,1-2H3. The largest absolute Gasteiger partial charge is 0.329 e. The highest BCUT2D eigenvalue weighted by Gasteiger charge is 2.25. The predicted octanol–water partition coefficient (Wildman–Crippen LogP) is 1.75. The summed E-state index contributed by atoms with van der Waals surface area (Å²) in [5.41, 5.74) is 5.82. The van der Waals surface area contributed by atoms with Crippen molar-refractivity contribution in [2.45, 2.75) is 45.6 Å². The Labute approximate surface area is 94.0 Å². The third-order valence-corrected chi connectivity index (χ3v) is 3.43. The first-order chi connectivity index (χ1) is 7.27. The van der Waals surface area contributed by atoms with Crippen molar-refractivity contribution < 1.29 is 0 Å². The van der Waals surface area contributed by atoms with Crippen LogP contribution in [0.2, 0.25) is 0 Å². The molecule has 1 fully saturated rings. The molecule has 0 radical (unpaired) electrons. The molecule has 2 nitrogen and oxygen atoms in total. The van der Waals surface area contributed by atoms with Gasteiger partial charge in [-0.3, -0.25) is 0 Å². The summed E-state index contributed by atoms with van der Waals surface area (Å²) >= 11 is 0. The first-order valence-corrected chi connectivity index (χ1v) is 6.11. The van der Waals surface area contributed by atoms with Crippen LogP contribution in [-0.2, 0) is 0 Å². The van der Waals surface area contributed by atoms with Gasteiger partial charge in [-0.05, 0) is 31.6 Å². The summed E-state index contributed by atoms with van der Waals surface area (Å²) in [6.45, 7) is 5.75. The van der Waals surface area contributed by atoms with Crippen LogP contribution in [0.5, 0.6) is 0 Å². The highest BCUT2D eigenvalue weighted by Crippen LogP contribution is 2.30. The zero-order chi connectivity index (χ0) is 11.1. The van der Waals surface area contributed by atoms with E-state index in [1.807, 2.05) is 6.92 Å². The van der Waals surface area contributed by atoms with E-state index in [4.69, 9.17) is 5.73 Å². The van der Waals surface area contributed by atoms with E-state index in [1.54, 1.807) is 0 Å². The van der Waals surface area contributed by atoms with Crippen LogP contribution in [0.3, 0.4) is 0 Å². The highest BCUT2D eigenvalue weighted by atomic mass is 14.9. The Morgan fingerprint density at radius 3 is 2.87 bits per heavy atom. The van der Waals surface area contributed by atoms with Crippen LogP contribution in [-0.4, -0.2) is 19.1 Å². The number of nitrogens with one attached hydrogen (secondary N) is 1. The molecule has 0 saturated heterocycles. The monoisotopic (exact) mass is 208 g/mol. The molecule has 3 unspecified atom stereocenters. The lowest BCUT2D eigenvalue weighted by atomic mass is 9.78. The zero-order valence-corrected chi connectivity index (χ0v) is 10.1. The molecule has 1 saturated carbocycles. The number of rotatable bonds is 4. The van der Waals surface area contributed by atoms with Gasteiger partial charge in [0.25, 0.3) is 0 Å². The van der Waals surface area contributed by atoms with Gasteiger partial charge < -0.3 is 11.1 Å². The fourth-order valence-electron chi connectivity index (χ4n) is 2.56. The lowest BCUT2D eigenvalue weighted by Crippen LogP contribution is -2.43. The van der Waals surface area contributed by atoms with Crippen LogP contribution in [0.4, 0.5) is 0 Å². The Morgan fingerprint density at radius 2 is 2.27 bits per heavy atom. The predicted molar refractivity (Wildman–Crippen MR) is 65.4 cm³/mol. The molecule has 3 N–H and O–H groups in total. The van der Waals surface area contributed by atoms with E-state index < -0.39 is 0 Å². The third kappa shape index (κ3) is 4.24. The van der Waals surface area contributed by atoms with Crippen molar-refractivity contribution in [3.05, 3.63) is 0 Å².